The normalized spacial score (nSPS) is 20.8. The molecular formula is C20H28N4O2. The number of aryl methyl sites for hydroxylation is 1. The van der Waals surface area contributed by atoms with Crippen molar-refractivity contribution >= 4 is 5.91 Å². The molecular weight excluding hydrogens is 328 g/mol. The lowest BCUT2D eigenvalue weighted by atomic mass is 9.95. The molecule has 6 nitrogen and oxygen atoms in total. The Labute approximate surface area is 154 Å². The average molecular weight is 356 g/mol. The molecule has 2 aliphatic rings. The highest BCUT2D eigenvalue weighted by atomic mass is 16.5. The lowest BCUT2D eigenvalue weighted by molar-refractivity contribution is 0.0952. The summed E-state index contributed by atoms with van der Waals surface area (Å²) in [5.74, 6) is 1.06. The van der Waals surface area contributed by atoms with Gasteiger partial charge < -0.3 is 14.4 Å². The van der Waals surface area contributed by atoms with Crippen LogP contribution >= 0.6 is 0 Å². The van der Waals surface area contributed by atoms with Gasteiger partial charge in [-0.15, -0.1) is 0 Å². The topological polar surface area (TPSA) is 63.3 Å². The largest absolute Gasteiger partial charge is 0.361 e. The molecule has 1 saturated heterocycles. The van der Waals surface area contributed by atoms with Gasteiger partial charge in [0.15, 0.2) is 0 Å². The van der Waals surface area contributed by atoms with E-state index in [0.717, 1.165) is 43.8 Å². The lowest BCUT2D eigenvalue weighted by Crippen LogP contribution is -2.34. The Hall–Kier alpha value is -2.08. The monoisotopic (exact) mass is 356 g/mol. The van der Waals surface area contributed by atoms with Gasteiger partial charge in [0.1, 0.15) is 17.1 Å². The van der Waals surface area contributed by atoms with Crippen LogP contribution < -0.4 is 5.32 Å². The number of fused-ring (bicyclic) bond motifs is 1. The second-order valence-electron chi connectivity index (χ2n) is 7.50. The van der Waals surface area contributed by atoms with Gasteiger partial charge >= 0.3 is 0 Å². The Morgan fingerprint density at radius 1 is 1.27 bits per heavy atom. The van der Waals surface area contributed by atoms with E-state index in [1.165, 1.54) is 36.9 Å². The van der Waals surface area contributed by atoms with Gasteiger partial charge in [0.25, 0.3) is 5.91 Å². The van der Waals surface area contributed by atoms with E-state index < -0.39 is 0 Å². The second kappa shape index (κ2) is 7.27. The molecule has 1 N–H and O–H groups in total. The second-order valence-corrected chi connectivity index (χ2v) is 7.50. The average Bonchev–Trinajstić information content (AvgIpc) is 3.26. The first-order chi connectivity index (χ1) is 12.7. The molecule has 6 heteroatoms. The standard InChI is InChI=1S/C20H28N4O2/c1-21-20(25)18-11-10-16(23(18)2)17-8-5-6-12-24(17)13-15-14-7-3-4-9-19(14)26-22-15/h10-11,17H,3-9,12-13H2,1-2H3,(H,21,25)/t17-/m0/s1. The number of likely N-dealkylation sites (tertiary alicyclic amines) is 1. The van der Waals surface area contributed by atoms with Crippen molar-refractivity contribution in [3.05, 3.63) is 40.5 Å². The van der Waals surface area contributed by atoms with E-state index in [0.29, 0.717) is 11.7 Å². The molecule has 140 valence electrons. The van der Waals surface area contributed by atoms with Crippen LogP contribution in [0.25, 0.3) is 0 Å². The van der Waals surface area contributed by atoms with Crippen LogP contribution in [-0.4, -0.2) is 34.1 Å². The number of piperidine rings is 1. The highest BCUT2D eigenvalue weighted by Gasteiger charge is 2.29. The van der Waals surface area contributed by atoms with Crippen LogP contribution in [0.4, 0.5) is 0 Å². The van der Waals surface area contributed by atoms with Crippen molar-refractivity contribution in [2.75, 3.05) is 13.6 Å². The highest BCUT2D eigenvalue weighted by Crippen LogP contribution is 2.34. The molecule has 0 spiro atoms. The summed E-state index contributed by atoms with van der Waals surface area (Å²) in [6.45, 7) is 1.90. The fourth-order valence-corrected chi connectivity index (χ4v) is 4.50. The van der Waals surface area contributed by atoms with E-state index in [-0.39, 0.29) is 5.91 Å². The smallest absolute Gasteiger partial charge is 0.267 e. The van der Waals surface area contributed by atoms with Crippen LogP contribution in [0.1, 0.15) is 71.3 Å². The van der Waals surface area contributed by atoms with Gasteiger partial charge in [-0.3, -0.25) is 9.69 Å². The fourth-order valence-electron chi connectivity index (χ4n) is 4.50. The Balaban J connectivity index is 1.58. The molecule has 1 aliphatic heterocycles. The fraction of sp³-hybridized carbons (Fsp3) is 0.600. The zero-order chi connectivity index (χ0) is 18.1. The van der Waals surface area contributed by atoms with Gasteiger partial charge in [0, 0.05) is 38.3 Å². The number of hydrogen-bond acceptors (Lipinski definition) is 4. The molecule has 3 heterocycles. The van der Waals surface area contributed by atoms with E-state index in [1.807, 2.05) is 17.7 Å². The third kappa shape index (κ3) is 3.07. The minimum Gasteiger partial charge on any atom is -0.361 e. The zero-order valence-corrected chi connectivity index (χ0v) is 15.8. The predicted molar refractivity (Wildman–Crippen MR) is 99.0 cm³/mol. The highest BCUT2D eigenvalue weighted by molar-refractivity contribution is 5.92. The molecule has 4 rings (SSSR count). The summed E-state index contributed by atoms with van der Waals surface area (Å²) in [6.07, 6.45) is 8.11. The summed E-state index contributed by atoms with van der Waals surface area (Å²) < 4.78 is 7.65. The Kier molecular flexibility index (Phi) is 4.85. The van der Waals surface area contributed by atoms with Crippen LogP contribution in [0, 0.1) is 0 Å². The molecule has 0 unspecified atom stereocenters. The van der Waals surface area contributed by atoms with Gasteiger partial charge in [-0.25, -0.2) is 0 Å². The van der Waals surface area contributed by atoms with E-state index >= 15 is 0 Å². The summed E-state index contributed by atoms with van der Waals surface area (Å²) in [5, 5.41) is 7.13. The number of amides is 1. The van der Waals surface area contributed by atoms with Gasteiger partial charge in [-0.05, 0) is 50.8 Å². The molecule has 0 bridgehead atoms. The van der Waals surface area contributed by atoms with Gasteiger partial charge in [0.2, 0.25) is 0 Å². The molecule has 1 atom stereocenters. The van der Waals surface area contributed by atoms with Gasteiger partial charge in [-0.2, -0.15) is 0 Å². The third-order valence-corrected chi connectivity index (χ3v) is 5.96. The molecule has 1 aliphatic carbocycles. The van der Waals surface area contributed by atoms with Crippen molar-refractivity contribution in [2.24, 2.45) is 7.05 Å². The minimum absolute atomic E-state index is 0.0355. The molecule has 0 radical (unpaired) electrons. The molecule has 1 amide bonds. The van der Waals surface area contributed by atoms with E-state index in [9.17, 15) is 4.79 Å². The lowest BCUT2D eigenvalue weighted by Gasteiger charge is -2.36. The van der Waals surface area contributed by atoms with Gasteiger partial charge in [-0.1, -0.05) is 11.6 Å². The molecule has 2 aromatic rings. The van der Waals surface area contributed by atoms with Crippen molar-refractivity contribution in [3.8, 4) is 0 Å². The molecule has 2 aromatic heterocycles. The molecule has 0 saturated carbocycles. The van der Waals surface area contributed by atoms with Crippen LogP contribution in [0.2, 0.25) is 0 Å². The predicted octanol–water partition coefficient (Wildman–Crippen LogP) is 2.98. The number of rotatable bonds is 4. The number of aromatic nitrogens is 2. The summed E-state index contributed by atoms with van der Waals surface area (Å²) in [5.41, 5.74) is 4.39. The van der Waals surface area contributed by atoms with Gasteiger partial charge in [0.05, 0.1) is 6.04 Å². The molecule has 1 fully saturated rings. The number of carbonyl (C=O) groups is 1. The van der Waals surface area contributed by atoms with Crippen molar-refractivity contribution in [2.45, 2.75) is 57.5 Å². The summed E-state index contributed by atoms with van der Waals surface area (Å²) in [7, 11) is 3.67. The summed E-state index contributed by atoms with van der Waals surface area (Å²) in [6, 6.07) is 4.35. The Morgan fingerprint density at radius 2 is 2.12 bits per heavy atom. The van der Waals surface area contributed by atoms with Crippen LogP contribution in [-0.2, 0) is 26.4 Å². The Morgan fingerprint density at radius 3 is 2.96 bits per heavy atom. The number of carbonyl (C=O) groups excluding carboxylic acids is 1. The first-order valence-electron chi connectivity index (χ1n) is 9.77. The van der Waals surface area contributed by atoms with Crippen LogP contribution in [0.3, 0.4) is 0 Å². The SMILES string of the molecule is CNC(=O)c1ccc([C@@H]2CCCCN2Cc2noc3c2CCCC3)n1C. The third-order valence-electron chi connectivity index (χ3n) is 5.96. The zero-order valence-electron chi connectivity index (χ0n) is 15.8. The minimum atomic E-state index is -0.0355. The number of nitrogens with zero attached hydrogens (tertiary/aromatic N) is 3. The van der Waals surface area contributed by atoms with Crippen molar-refractivity contribution in [1.29, 1.82) is 0 Å². The number of nitrogens with one attached hydrogen (secondary N) is 1. The van der Waals surface area contributed by atoms with Crippen LogP contribution in [0.5, 0.6) is 0 Å². The first kappa shape index (κ1) is 17.3. The van der Waals surface area contributed by atoms with E-state index in [4.69, 9.17) is 4.52 Å². The molecule has 0 aromatic carbocycles. The van der Waals surface area contributed by atoms with E-state index in [1.54, 1.807) is 7.05 Å². The van der Waals surface area contributed by atoms with Crippen molar-refractivity contribution in [1.82, 2.24) is 19.9 Å². The maximum atomic E-state index is 12.1. The maximum absolute atomic E-state index is 12.1. The number of hydrogen-bond donors (Lipinski definition) is 1. The summed E-state index contributed by atoms with van der Waals surface area (Å²) in [4.78, 5) is 14.6. The van der Waals surface area contributed by atoms with Crippen molar-refractivity contribution in [3.63, 3.8) is 0 Å². The summed E-state index contributed by atoms with van der Waals surface area (Å²) >= 11 is 0. The maximum Gasteiger partial charge on any atom is 0.267 e. The van der Waals surface area contributed by atoms with Crippen LogP contribution in [0.15, 0.2) is 16.7 Å². The van der Waals surface area contributed by atoms with Crippen molar-refractivity contribution < 1.29 is 9.32 Å². The first-order valence-corrected chi connectivity index (χ1v) is 9.77. The Bertz CT molecular complexity index is 792. The quantitative estimate of drug-likeness (QED) is 0.915. The van der Waals surface area contributed by atoms with E-state index in [2.05, 4.69) is 21.4 Å². The molecule has 26 heavy (non-hydrogen) atoms.